The summed E-state index contributed by atoms with van der Waals surface area (Å²) in [5.74, 6) is -0.334. The molecule has 3 aromatic rings. The fourth-order valence-electron chi connectivity index (χ4n) is 1.86. The third kappa shape index (κ3) is 2.63. The van der Waals surface area contributed by atoms with Gasteiger partial charge in [-0.2, -0.15) is 5.10 Å². The van der Waals surface area contributed by atoms with Crippen LogP contribution in [0.3, 0.4) is 0 Å². The minimum absolute atomic E-state index is 0.205. The summed E-state index contributed by atoms with van der Waals surface area (Å²) < 4.78 is 0. The molecule has 0 atom stereocenters. The van der Waals surface area contributed by atoms with E-state index in [9.17, 15) is 4.79 Å². The van der Waals surface area contributed by atoms with Crippen LogP contribution in [-0.4, -0.2) is 21.1 Å². The summed E-state index contributed by atoms with van der Waals surface area (Å²) in [4.78, 5) is 16.3. The maximum absolute atomic E-state index is 12.1. The zero-order valence-electron chi connectivity index (χ0n) is 11.3. The first-order valence-corrected chi connectivity index (χ1v) is 7.15. The van der Waals surface area contributed by atoms with Gasteiger partial charge in [0.2, 0.25) is 0 Å². The van der Waals surface area contributed by atoms with Gasteiger partial charge in [-0.3, -0.25) is 9.89 Å². The molecule has 2 heterocycles. The second kappa shape index (κ2) is 5.37. The van der Waals surface area contributed by atoms with Gasteiger partial charge in [-0.15, -0.1) is 11.3 Å². The number of rotatable bonds is 3. The number of hydrogen-bond donors (Lipinski definition) is 3. The van der Waals surface area contributed by atoms with Gasteiger partial charge in [0.15, 0.2) is 5.69 Å². The van der Waals surface area contributed by atoms with Crippen LogP contribution >= 0.6 is 11.3 Å². The Morgan fingerprint density at radius 1 is 1.33 bits per heavy atom. The number of aryl methyl sites for hydroxylation is 1. The summed E-state index contributed by atoms with van der Waals surface area (Å²) in [6.45, 7) is 1.77. The Morgan fingerprint density at radius 2 is 2.10 bits per heavy atom. The van der Waals surface area contributed by atoms with E-state index in [2.05, 4.69) is 20.5 Å². The van der Waals surface area contributed by atoms with Gasteiger partial charge in [-0.1, -0.05) is 0 Å². The molecular formula is C14H13N5OS. The largest absolute Gasteiger partial charge is 0.395 e. The molecule has 0 aliphatic rings. The maximum Gasteiger partial charge on any atom is 0.278 e. The maximum atomic E-state index is 12.1. The predicted molar refractivity (Wildman–Crippen MR) is 83.2 cm³/mol. The number of carbonyl (C=O) groups excluding carboxylic acids is 1. The number of nitrogens with zero attached hydrogens (tertiary/aromatic N) is 2. The lowest BCUT2D eigenvalue weighted by Crippen LogP contribution is -2.14. The summed E-state index contributed by atoms with van der Waals surface area (Å²) in [7, 11) is 0. The number of nitrogens with two attached hydrogens (primary N) is 1. The second-order valence-corrected chi connectivity index (χ2v) is 5.37. The molecule has 0 saturated heterocycles. The van der Waals surface area contributed by atoms with E-state index in [1.54, 1.807) is 24.5 Å². The van der Waals surface area contributed by atoms with Crippen LogP contribution in [0, 0.1) is 6.92 Å². The SMILES string of the molecule is Cc1[nH]nc(C(=O)Nc2ccc(-c3nccs3)cc2)c1N. The number of carbonyl (C=O) groups is 1. The first kappa shape index (κ1) is 13.3. The first-order valence-electron chi connectivity index (χ1n) is 6.27. The van der Waals surface area contributed by atoms with Gasteiger partial charge < -0.3 is 11.1 Å². The molecule has 3 rings (SSSR count). The van der Waals surface area contributed by atoms with Gasteiger partial charge in [0.25, 0.3) is 5.91 Å². The number of aromatic nitrogens is 3. The fraction of sp³-hybridized carbons (Fsp3) is 0.0714. The average Bonchev–Trinajstić information content (AvgIpc) is 3.11. The Kier molecular flexibility index (Phi) is 3.41. The quantitative estimate of drug-likeness (QED) is 0.692. The van der Waals surface area contributed by atoms with E-state index in [0.717, 1.165) is 10.6 Å². The number of H-pyrrole nitrogens is 1. The van der Waals surface area contributed by atoms with Gasteiger partial charge in [0, 0.05) is 22.8 Å². The van der Waals surface area contributed by atoms with Crippen molar-refractivity contribution in [2.24, 2.45) is 0 Å². The molecule has 7 heteroatoms. The molecule has 4 N–H and O–H groups in total. The normalized spacial score (nSPS) is 10.5. The highest BCUT2D eigenvalue weighted by Crippen LogP contribution is 2.23. The number of nitrogen functional groups attached to an aromatic ring is 1. The second-order valence-electron chi connectivity index (χ2n) is 4.48. The van der Waals surface area contributed by atoms with E-state index in [0.29, 0.717) is 17.1 Å². The molecule has 1 aromatic carbocycles. The Hall–Kier alpha value is -2.67. The van der Waals surface area contributed by atoms with Crippen LogP contribution in [0.2, 0.25) is 0 Å². The van der Waals surface area contributed by atoms with Gasteiger partial charge in [0.05, 0.1) is 11.4 Å². The van der Waals surface area contributed by atoms with Crippen LogP contribution in [0.5, 0.6) is 0 Å². The van der Waals surface area contributed by atoms with Crippen LogP contribution in [-0.2, 0) is 0 Å². The van der Waals surface area contributed by atoms with Gasteiger partial charge in [-0.25, -0.2) is 4.98 Å². The minimum atomic E-state index is -0.334. The Labute approximate surface area is 125 Å². The number of hydrogen-bond acceptors (Lipinski definition) is 5. The van der Waals surface area contributed by atoms with Gasteiger partial charge in [0.1, 0.15) is 5.01 Å². The first-order chi connectivity index (χ1) is 10.1. The van der Waals surface area contributed by atoms with E-state index in [-0.39, 0.29) is 11.6 Å². The molecule has 0 saturated carbocycles. The highest BCUT2D eigenvalue weighted by molar-refractivity contribution is 7.13. The van der Waals surface area contributed by atoms with Crippen molar-refractivity contribution >= 4 is 28.6 Å². The number of nitrogens with one attached hydrogen (secondary N) is 2. The van der Waals surface area contributed by atoms with Crippen LogP contribution in [0.1, 0.15) is 16.2 Å². The van der Waals surface area contributed by atoms with E-state index < -0.39 is 0 Å². The lowest BCUT2D eigenvalue weighted by Gasteiger charge is -2.04. The zero-order chi connectivity index (χ0) is 14.8. The van der Waals surface area contributed by atoms with E-state index in [4.69, 9.17) is 5.73 Å². The molecule has 2 aromatic heterocycles. The lowest BCUT2D eigenvalue weighted by molar-refractivity contribution is 0.102. The molecule has 0 unspecified atom stereocenters. The van der Waals surface area contributed by atoms with Crippen molar-refractivity contribution < 1.29 is 4.79 Å². The predicted octanol–water partition coefficient (Wildman–Crippen LogP) is 2.68. The summed E-state index contributed by atoms with van der Waals surface area (Å²) in [6.07, 6.45) is 1.76. The third-order valence-electron chi connectivity index (χ3n) is 3.03. The van der Waals surface area contributed by atoms with Crippen LogP contribution in [0.4, 0.5) is 11.4 Å². The van der Waals surface area contributed by atoms with Crippen molar-refractivity contribution in [2.75, 3.05) is 11.1 Å². The van der Waals surface area contributed by atoms with E-state index in [1.165, 1.54) is 0 Å². The number of thiazole rings is 1. The molecule has 0 fully saturated rings. The number of amides is 1. The fourth-order valence-corrected chi connectivity index (χ4v) is 2.51. The Bertz CT molecular complexity index is 761. The summed E-state index contributed by atoms with van der Waals surface area (Å²) in [5.41, 5.74) is 8.73. The molecule has 0 bridgehead atoms. The van der Waals surface area contributed by atoms with E-state index in [1.807, 2.05) is 29.6 Å². The van der Waals surface area contributed by atoms with Crippen molar-refractivity contribution in [1.29, 1.82) is 0 Å². The highest BCUT2D eigenvalue weighted by atomic mass is 32.1. The molecule has 0 aliphatic heterocycles. The molecular weight excluding hydrogens is 286 g/mol. The summed E-state index contributed by atoms with van der Waals surface area (Å²) in [6, 6.07) is 7.47. The zero-order valence-corrected chi connectivity index (χ0v) is 12.1. The van der Waals surface area contributed by atoms with Crippen molar-refractivity contribution in [3.8, 4) is 10.6 Å². The standard InChI is InChI=1S/C14H13N5OS/c1-8-11(15)12(19-18-8)13(20)17-10-4-2-9(3-5-10)14-16-6-7-21-14/h2-7H,15H2,1H3,(H,17,20)(H,18,19). The smallest absolute Gasteiger partial charge is 0.278 e. The molecule has 0 radical (unpaired) electrons. The van der Waals surface area contributed by atoms with Crippen LogP contribution < -0.4 is 11.1 Å². The van der Waals surface area contributed by atoms with E-state index >= 15 is 0 Å². The van der Waals surface area contributed by atoms with Gasteiger partial charge >= 0.3 is 0 Å². The number of benzene rings is 1. The third-order valence-corrected chi connectivity index (χ3v) is 3.85. The number of anilines is 2. The van der Waals surface area contributed by atoms with Crippen molar-refractivity contribution in [2.45, 2.75) is 6.92 Å². The molecule has 106 valence electrons. The number of aromatic amines is 1. The van der Waals surface area contributed by atoms with Crippen molar-refractivity contribution in [3.05, 3.63) is 47.2 Å². The highest BCUT2D eigenvalue weighted by Gasteiger charge is 2.15. The van der Waals surface area contributed by atoms with Crippen molar-refractivity contribution in [1.82, 2.24) is 15.2 Å². The van der Waals surface area contributed by atoms with Crippen molar-refractivity contribution in [3.63, 3.8) is 0 Å². The molecule has 6 nitrogen and oxygen atoms in total. The lowest BCUT2D eigenvalue weighted by atomic mass is 10.2. The van der Waals surface area contributed by atoms with Crippen LogP contribution in [0.25, 0.3) is 10.6 Å². The molecule has 21 heavy (non-hydrogen) atoms. The molecule has 0 aliphatic carbocycles. The Morgan fingerprint density at radius 3 is 2.67 bits per heavy atom. The Balaban J connectivity index is 1.76. The molecule has 0 spiro atoms. The molecule has 1 amide bonds. The summed E-state index contributed by atoms with van der Waals surface area (Å²) >= 11 is 1.57. The minimum Gasteiger partial charge on any atom is -0.395 e. The summed E-state index contributed by atoms with van der Waals surface area (Å²) in [5, 5.41) is 12.2. The topological polar surface area (TPSA) is 96.7 Å². The van der Waals surface area contributed by atoms with Gasteiger partial charge in [-0.05, 0) is 31.2 Å². The average molecular weight is 299 g/mol. The van der Waals surface area contributed by atoms with Crippen LogP contribution in [0.15, 0.2) is 35.8 Å². The monoisotopic (exact) mass is 299 g/mol.